The molecule has 1 aromatic carbocycles. The number of hydrogen-bond donors (Lipinski definition) is 1. The number of aromatic nitrogens is 1. The van der Waals surface area contributed by atoms with Gasteiger partial charge in [-0.05, 0) is 24.3 Å². The Balaban J connectivity index is 2.59. The summed E-state index contributed by atoms with van der Waals surface area (Å²) < 4.78 is 0. The van der Waals surface area contributed by atoms with E-state index in [2.05, 4.69) is 4.98 Å². The number of carbonyl (C=O) groups is 1. The number of para-hydroxylation sites is 1. The van der Waals surface area contributed by atoms with Crippen LogP contribution in [0, 0.1) is 10.1 Å². The number of rotatable bonds is 4. The van der Waals surface area contributed by atoms with Crippen molar-refractivity contribution in [1.82, 2.24) is 4.98 Å². The van der Waals surface area contributed by atoms with E-state index in [1.807, 2.05) is 0 Å². The number of carboxylic acid groups (broad SMARTS) is 1. The molecule has 0 spiro atoms. The molecule has 0 amide bonds. The zero-order chi connectivity index (χ0) is 13.8. The molecule has 2 rings (SSSR count). The molecule has 7 nitrogen and oxygen atoms in total. The molecule has 0 aliphatic heterocycles. The van der Waals surface area contributed by atoms with Crippen molar-refractivity contribution in [2.75, 3.05) is 5.01 Å². The summed E-state index contributed by atoms with van der Waals surface area (Å²) in [5.41, 5.74) is 0.0113. The molecule has 1 heterocycles. The molecule has 1 N–H and O–H groups in total. The van der Waals surface area contributed by atoms with Crippen LogP contribution in [0.1, 0.15) is 10.4 Å². The van der Waals surface area contributed by atoms with Crippen molar-refractivity contribution in [3.05, 3.63) is 64.5 Å². The molecule has 0 aliphatic carbocycles. The van der Waals surface area contributed by atoms with Gasteiger partial charge in [0.05, 0.1) is 11.8 Å². The van der Waals surface area contributed by atoms with Gasteiger partial charge < -0.3 is 5.11 Å². The van der Waals surface area contributed by atoms with Crippen LogP contribution in [0.3, 0.4) is 0 Å². The molecule has 7 heteroatoms. The van der Waals surface area contributed by atoms with Crippen molar-refractivity contribution >= 4 is 17.3 Å². The van der Waals surface area contributed by atoms with Crippen molar-refractivity contribution in [3.63, 3.8) is 0 Å². The normalized spacial score (nSPS) is 9.89. The Morgan fingerprint density at radius 3 is 2.58 bits per heavy atom. The highest BCUT2D eigenvalue weighted by molar-refractivity contribution is 5.95. The van der Waals surface area contributed by atoms with Crippen LogP contribution in [0.2, 0.25) is 0 Å². The fraction of sp³-hybridized carbons (Fsp3) is 0. The first kappa shape index (κ1) is 12.5. The van der Waals surface area contributed by atoms with Crippen LogP contribution in [0.15, 0.2) is 48.8 Å². The predicted molar refractivity (Wildman–Crippen MR) is 66.8 cm³/mol. The van der Waals surface area contributed by atoms with E-state index in [0.717, 1.165) is 0 Å². The van der Waals surface area contributed by atoms with Gasteiger partial charge in [0.15, 0.2) is 5.03 Å². The van der Waals surface area contributed by atoms with Gasteiger partial charge in [0.25, 0.3) is 0 Å². The first-order chi connectivity index (χ1) is 9.11. The van der Waals surface area contributed by atoms with Crippen LogP contribution in [0.25, 0.3) is 0 Å². The molecule has 1 aromatic heterocycles. The first-order valence-corrected chi connectivity index (χ1v) is 5.28. The number of nitrogens with zero attached hydrogens (tertiary/aromatic N) is 3. The second-order valence-electron chi connectivity index (χ2n) is 3.58. The van der Waals surface area contributed by atoms with Crippen LogP contribution in [-0.4, -0.2) is 21.1 Å². The fourth-order valence-electron chi connectivity index (χ4n) is 1.64. The summed E-state index contributed by atoms with van der Waals surface area (Å²) in [6.07, 6.45) is 2.77. The maximum absolute atomic E-state index is 11.2. The van der Waals surface area contributed by atoms with E-state index in [-0.39, 0.29) is 16.9 Å². The van der Waals surface area contributed by atoms with Crippen LogP contribution in [0.5, 0.6) is 0 Å². The molecule has 0 aliphatic rings. The number of carboxylic acids is 1. The van der Waals surface area contributed by atoms with Gasteiger partial charge in [-0.25, -0.2) is 14.9 Å². The third-order valence-corrected chi connectivity index (χ3v) is 2.42. The smallest absolute Gasteiger partial charge is 0.338 e. The van der Waals surface area contributed by atoms with E-state index < -0.39 is 11.0 Å². The Morgan fingerprint density at radius 2 is 2.00 bits per heavy atom. The summed E-state index contributed by atoms with van der Waals surface area (Å²) in [7, 11) is 0. The molecule has 0 atom stereocenters. The fourth-order valence-corrected chi connectivity index (χ4v) is 1.64. The second kappa shape index (κ2) is 5.13. The van der Waals surface area contributed by atoms with Crippen LogP contribution in [-0.2, 0) is 0 Å². The lowest BCUT2D eigenvalue weighted by molar-refractivity contribution is -0.483. The molecule has 96 valence electrons. The quantitative estimate of drug-likeness (QED) is 0.667. The molecule has 0 unspecified atom stereocenters. The van der Waals surface area contributed by atoms with Crippen molar-refractivity contribution in [1.29, 1.82) is 0 Å². The maximum Gasteiger partial charge on any atom is 0.338 e. The van der Waals surface area contributed by atoms with Crippen LogP contribution >= 0.6 is 0 Å². The van der Waals surface area contributed by atoms with Crippen molar-refractivity contribution in [2.45, 2.75) is 0 Å². The number of aromatic carboxylic acids is 1. The Labute approximate surface area is 107 Å². The topological polar surface area (TPSA) is 96.6 Å². The molecule has 0 radical (unpaired) electrons. The number of benzene rings is 1. The summed E-state index contributed by atoms with van der Waals surface area (Å²) >= 11 is 0. The van der Waals surface area contributed by atoms with E-state index in [0.29, 0.717) is 5.01 Å². The average molecular weight is 259 g/mol. The number of nitro groups is 1. The second-order valence-corrected chi connectivity index (χ2v) is 3.58. The van der Waals surface area contributed by atoms with Gasteiger partial charge in [0.2, 0.25) is 0 Å². The van der Waals surface area contributed by atoms with Gasteiger partial charge in [-0.1, -0.05) is 17.1 Å². The Bertz CT molecular complexity index is 615. The first-order valence-electron chi connectivity index (χ1n) is 5.28. The summed E-state index contributed by atoms with van der Waals surface area (Å²) in [6, 6.07) is 8.75. The number of hydrazine groups is 1. The van der Waals surface area contributed by atoms with Crippen LogP contribution in [0.4, 0.5) is 11.4 Å². The summed E-state index contributed by atoms with van der Waals surface area (Å²) in [5, 5.41) is 20.3. The molecular formula is C12H9N3O4. The molecule has 19 heavy (non-hydrogen) atoms. The highest BCUT2D eigenvalue weighted by atomic mass is 16.7. The standard InChI is InChI=1S/C12H9N3O4/c16-12(17)10-5-1-2-6-11(10)14(15(18)19)9-4-3-7-13-8-9/h1-8H,(H,16,17). The number of anilines is 2. The lowest BCUT2D eigenvalue weighted by Gasteiger charge is -2.15. The van der Waals surface area contributed by atoms with Gasteiger partial charge in [0.1, 0.15) is 11.4 Å². The SMILES string of the molecule is O=C(O)c1ccccc1N(c1cccnc1)[N+](=O)[O-]. The lowest BCUT2D eigenvalue weighted by Crippen LogP contribution is -2.26. The van der Waals surface area contributed by atoms with Gasteiger partial charge >= 0.3 is 5.97 Å². The molecular weight excluding hydrogens is 250 g/mol. The van der Waals surface area contributed by atoms with E-state index >= 15 is 0 Å². The lowest BCUT2D eigenvalue weighted by atomic mass is 10.1. The Hall–Kier alpha value is -2.96. The largest absolute Gasteiger partial charge is 0.478 e. The van der Waals surface area contributed by atoms with E-state index in [1.165, 1.54) is 48.8 Å². The third kappa shape index (κ3) is 2.49. The summed E-state index contributed by atoms with van der Waals surface area (Å²) in [5.74, 6) is -1.23. The van der Waals surface area contributed by atoms with Crippen molar-refractivity contribution < 1.29 is 14.9 Å². The van der Waals surface area contributed by atoms with Gasteiger partial charge in [-0.2, -0.15) is 0 Å². The molecule has 0 bridgehead atoms. The average Bonchev–Trinajstić information content (AvgIpc) is 2.40. The Morgan fingerprint density at radius 1 is 1.26 bits per heavy atom. The highest BCUT2D eigenvalue weighted by Crippen LogP contribution is 2.27. The monoisotopic (exact) mass is 259 g/mol. The summed E-state index contributed by atoms with van der Waals surface area (Å²) in [4.78, 5) is 26.1. The van der Waals surface area contributed by atoms with Crippen LogP contribution < -0.4 is 5.01 Å². The zero-order valence-corrected chi connectivity index (χ0v) is 9.63. The number of pyridine rings is 1. The highest BCUT2D eigenvalue weighted by Gasteiger charge is 2.25. The van der Waals surface area contributed by atoms with E-state index in [9.17, 15) is 14.9 Å². The van der Waals surface area contributed by atoms with Crippen molar-refractivity contribution in [3.8, 4) is 0 Å². The minimum atomic E-state index is -1.23. The van der Waals surface area contributed by atoms with E-state index in [1.54, 1.807) is 0 Å². The molecule has 2 aromatic rings. The van der Waals surface area contributed by atoms with Gasteiger partial charge in [-0.15, -0.1) is 0 Å². The minimum Gasteiger partial charge on any atom is -0.478 e. The molecule has 0 saturated carbocycles. The van der Waals surface area contributed by atoms with Gasteiger partial charge in [0, 0.05) is 6.20 Å². The Kier molecular flexibility index (Phi) is 3.37. The van der Waals surface area contributed by atoms with E-state index in [4.69, 9.17) is 5.11 Å². The zero-order valence-electron chi connectivity index (χ0n) is 9.63. The van der Waals surface area contributed by atoms with Gasteiger partial charge in [-0.3, -0.25) is 4.98 Å². The summed E-state index contributed by atoms with van der Waals surface area (Å²) in [6.45, 7) is 0. The van der Waals surface area contributed by atoms with Crippen molar-refractivity contribution in [2.24, 2.45) is 0 Å². The number of hydrogen-bond acceptors (Lipinski definition) is 4. The maximum atomic E-state index is 11.2. The minimum absolute atomic E-state index is 0.0204. The third-order valence-electron chi connectivity index (χ3n) is 2.42. The molecule has 0 saturated heterocycles. The molecule has 0 fully saturated rings. The predicted octanol–water partition coefficient (Wildman–Crippen LogP) is 2.11.